The van der Waals surface area contributed by atoms with Crippen LogP contribution in [0.2, 0.25) is 0 Å². The highest BCUT2D eigenvalue weighted by molar-refractivity contribution is 5.94. The molecule has 4 N–H and O–H groups in total. The zero-order chi connectivity index (χ0) is 37.2. The van der Waals surface area contributed by atoms with E-state index in [0.29, 0.717) is 16.7 Å². The predicted molar refractivity (Wildman–Crippen MR) is 190 cm³/mol. The number of aryl methyl sites for hydroxylation is 1. The number of amides is 3. The van der Waals surface area contributed by atoms with Gasteiger partial charge in [0.05, 0.1) is 0 Å². The van der Waals surface area contributed by atoms with E-state index in [4.69, 9.17) is 9.47 Å². The molecule has 50 heavy (non-hydrogen) atoms. The van der Waals surface area contributed by atoms with Gasteiger partial charge in [0.25, 0.3) is 0 Å². The highest BCUT2D eigenvalue weighted by Crippen LogP contribution is 2.28. The zero-order valence-electron chi connectivity index (χ0n) is 29.9. The molecule has 0 aliphatic rings. The van der Waals surface area contributed by atoms with Crippen molar-refractivity contribution in [2.24, 2.45) is 0 Å². The van der Waals surface area contributed by atoms with Crippen molar-refractivity contribution < 1.29 is 38.9 Å². The molecule has 0 radical (unpaired) electrons. The van der Waals surface area contributed by atoms with Crippen LogP contribution in [-0.2, 0) is 36.7 Å². The number of nitrogens with zero attached hydrogens (tertiary/aromatic N) is 1. The lowest BCUT2D eigenvalue weighted by atomic mass is 9.98. The number of rotatable bonds is 13. The van der Waals surface area contributed by atoms with Crippen LogP contribution in [0.4, 0.5) is 4.79 Å². The summed E-state index contributed by atoms with van der Waals surface area (Å²) in [5.74, 6) is -1.99. The third-order valence-electron chi connectivity index (χ3n) is 7.36. The third-order valence-corrected chi connectivity index (χ3v) is 7.36. The van der Waals surface area contributed by atoms with Gasteiger partial charge in [-0.25, -0.2) is 9.59 Å². The Labute approximate surface area is 294 Å². The fourth-order valence-corrected chi connectivity index (χ4v) is 5.17. The molecule has 3 atom stereocenters. The van der Waals surface area contributed by atoms with Crippen molar-refractivity contribution in [1.29, 1.82) is 0 Å². The summed E-state index contributed by atoms with van der Waals surface area (Å²) in [5, 5.41) is 25.7. The molecule has 3 unspecified atom stereocenters. The SMILES string of the molecule is C=CCN(C(=O)C(Cc1ccc(O)cc1)NC(=O)OC(C)(C)C)C(C(=O)NC(Cc1ccccc1)C(=O)OC(C)(C)C)c1ccc(O)c(C)c1. The second-order valence-electron chi connectivity index (χ2n) is 14.1. The molecule has 0 spiro atoms. The first-order valence-corrected chi connectivity index (χ1v) is 16.4. The van der Waals surface area contributed by atoms with Crippen molar-refractivity contribution in [2.45, 2.75) is 90.6 Å². The maximum absolute atomic E-state index is 14.6. The molecule has 0 saturated heterocycles. The summed E-state index contributed by atoms with van der Waals surface area (Å²) < 4.78 is 11.2. The molecular weight excluding hydrogens is 638 g/mol. The molecule has 3 aromatic carbocycles. The molecule has 0 saturated carbocycles. The van der Waals surface area contributed by atoms with Gasteiger partial charge in [0.1, 0.15) is 40.8 Å². The quantitative estimate of drug-likeness (QED) is 0.133. The Morgan fingerprint density at radius 1 is 0.800 bits per heavy atom. The maximum Gasteiger partial charge on any atom is 0.408 e. The number of alkyl carbamates (subject to hydrolysis) is 1. The van der Waals surface area contributed by atoms with Crippen LogP contribution in [0.1, 0.15) is 69.8 Å². The first-order chi connectivity index (χ1) is 23.4. The number of nitrogens with one attached hydrogen (secondary N) is 2. The fraction of sp³-hybridized carbons (Fsp3) is 0.385. The number of ether oxygens (including phenoxy) is 2. The average molecular weight is 688 g/mol. The molecule has 0 bridgehead atoms. The Kier molecular flexibility index (Phi) is 13.2. The minimum Gasteiger partial charge on any atom is -0.508 e. The second-order valence-corrected chi connectivity index (χ2v) is 14.1. The number of phenols is 2. The molecule has 11 nitrogen and oxygen atoms in total. The van der Waals surface area contributed by atoms with E-state index in [0.717, 1.165) is 5.56 Å². The number of hydrogen-bond donors (Lipinski definition) is 4. The number of esters is 1. The highest BCUT2D eigenvalue weighted by atomic mass is 16.6. The Balaban J connectivity index is 2.11. The Hall–Kier alpha value is -5.32. The van der Waals surface area contributed by atoms with Gasteiger partial charge in [-0.1, -0.05) is 54.6 Å². The number of benzene rings is 3. The van der Waals surface area contributed by atoms with Crippen molar-refractivity contribution in [2.75, 3.05) is 6.54 Å². The lowest BCUT2D eigenvalue weighted by Gasteiger charge is -2.35. The highest BCUT2D eigenvalue weighted by Gasteiger charge is 2.38. The maximum atomic E-state index is 14.6. The molecule has 0 fully saturated rings. The van der Waals surface area contributed by atoms with Crippen molar-refractivity contribution in [3.63, 3.8) is 0 Å². The molecule has 3 rings (SSSR count). The first-order valence-electron chi connectivity index (χ1n) is 16.4. The van der Waals surface area contributed by atoms with Gasteiger partial charge < -0.3 is 35.2 Å². The molecule has 0 aromatic heterocycles. The van der Waals surface area contributed by atoms with Crippen LogP contribution in [0.25, 0.3) is 0 Å². The van der Waals surface area contributed by atoms with Crippen molar-refractivity contribution >= 4 is 23.9 Å². The Morgan fingerprint density at radius 3 is 1.94 bits per heavy atom. The minimum absolute atomic E-state index is 0.0104. The Morgan fingerprint density at radius 2 is 1.38 bits per heavy atom. The van der Waals surface area contributed by atoms with Crippen molar-refractivity contribution in [3.8, 4) is 11.5 Å². The normalized spacial score (nSPS) is 13.3. The van der Waals surface area contributed by atoms with E-state index in [1.165, 1.54) is 35.2 Å². The zero-order valence-corrected chi connectivity index (χ0v) is 29.9. The van der Waals surface area contributed by atoms with Gasteiger partial charge in [-0.3, -0.25) is 9.59 Å². The van der Waals surface area contributed by atoms with Gasteiger partial charge in [0, 0.05) is 19.4 Å². The van der Waals surface area contributed by atoms with Crippen LogP contribution in [0.5, 0.6) is 11.5 Å². The summed E-state index contributed by atoms with van der Waals surface area (Å²) >= 11 is 0. The number of carbonyl (C=O) groups is 4. The first kappa shape index (κ1) is 39.1. The lowest BCUT2D eigenvalue weighted by molar-refractivity contribution is -0.159. The standard InChI is InChI=1S/C39H49N3O8/c1-9-21-42(35(46)30(41-37(48)50-39(6,7)8)23-27-15-18-29(43)19-16-27)33(28-17-20-32(44)25(2)22-28)34(45)40-31(36(47)49-38(3,4)5)24-26-13-11-10-12-14-26/h9-20,22,30-31,33,43-44H,1,21,23-24H2,2-8H3,(H,40,45)(H,41,48). The molecule has 11 heteroatoms. The van der Waals surface area contributed by atoms with Crippen molar-refractivity contribution in [3.05, 3.63) is 108 Å². The summed E-state index contributed by atoms with van der Waals surface area (Å²) in [6.45, 7) is 15.6. The summed E-state index contributed by atoms with van der Waals surface area (Å²) in [5.41, 5.74) is 0.478. The van der Waals surface area contributed by atoms with Crippen LogP contribution in [0, 0.1) is 6.92 Å². The fourth-order valence-electron chi connectivity index (χ4n) is 5.17. The minimum atomic E-state index is -1.34. The van der Waals surface area contributed by atoms with E-state index >= 15 is 0 Å². The smallest absolute Gasteiger partial charge is 0.408 e. The van der Waals surface area contributed by atoms with Crippen LogP contribution >= 0.6 is 0 Å². The molecule has 268 valence electrons. The number of phenolic OH excluding ortho intramolecular Hbond substituents is 2. The van der Waals surface area contributed by atoms with Crippen LogP contribution in [0.15, 0.2) is 85.5 Å². The van der Waals surface area contributed by atoms with E-state index in [-0.39, 0.29) is 30.9 Å². The van der Waals surface area contributed by atoms with Crippen LogP contribution in [0.3, 0.4) is 0 Å². The average Bonchev–Trinajstić information content (AvgIpc) is 3.01. The number of hydrogen-bond acceptors (Lipinski definition) is 8. The topological polar surface area (TPSA) is 154 Å². The van der Waals surface area contributed by atoms with Crippen LogP contribution < -0.4 is 10.6 Å². The largest absolute Gasteiger partial charge is 0.508 e. The van der Waals surface area contributed by atoms with Gasteiger partial charge in [-0.15, -0.1) is 6.58 Å². The molecule has 3 aromatic rings. The second kappa shape index (κ2) is 16.9. The molecule has 3 amide bonds. The van der Waals surface area contributed by atoms with E-state index in [2.05, 4.69) is 17.2 Å². The van der Waals surface area contributed by atoms with E-state index in [1.54, 1.807) is 66.7 Å². The van der Waals surface area contributed by atoms with E-state index in [9.17, 15) is 29.4 Å². The van der Waals surface area contributed by atoms with Gasteiger partial charge in [-0.05, 0) is 95.0 Å². The van der Waals surface area contributed by atoms with Gasteiger partial charge >= 0.3 is 12.1 Å². The summed E-state index contributed by atoms with van der Waals surface area (Å²) in [6.07, 6.45) is 0.708. The van der Waals surface area contributed by atoms with Crippen molar-refractivity contribution in [1.82, 2.24) is 15.5 Å². The van der Waals surface area contributed by atoms with Crippen LogP contribution in [-0.4, -0.2) is 68.8 Å². The lowest BCUT2D eigenvalue weighted by Crippen LogP contribution is -2.55. The predicted octanol–water partition coefficient (Wildman–Crippen LogP) is 5.67. The summed E-state index contributed by atoms with van der Waals surface area (Å²) in [6, 6.07) is 16.1. The molecule has 0 aliphatic heterocycles. The number of carbonyl (C=O) groups excluding carboxylic acids is 4. The Bertz CT molecular complexity index is 1640. The van der Waals surface area contributed by atoms with E-state index < -0.39 is 53.2 Å². The third kappa shape index (κ3) is 12.0. The summed E-state index contributed by atoms with van der Waals surface area (Å²) in [7, 11) is 0. The van der Waals surface area contributed by atoms with Gasteiger partial charge in [0.15, 0.2) is 0 Å². The molecular formula is C39H49N3O8. The van der Waals surface area contributed by atoms with Gasteiger partial charge in [-0.2, -0.15) is 0 Å². The molecule has 0 heterocycles. The number of aromatic hydroxyl groups is 2. The molecule has 0 aliphatic carbocycles. The summed E-state index contributed by atoms with van der Waals surface area (Å²) in [4.78, 5) is 56.9. The van der Waals surface area contributed by atoms with E-state index in [1.807, 2.05) is 30.3 Å². The monoisotopic (exact) mass is 687 g/mol. The van der Waals surface area contributed by atoms with Gasteiger partial charge in [0.2, 0.25) is 11.8 Å².